The van der Waals surface area contributed by atoms with Crippen LogP contribution in [-0.2, 0) is 7.05 Å². The maximum atomic E-state index is 12.1. The van der Waals surface area contributed by atoms with E-state index >= 15 is 0 Å². The predicted octanol–water partition coefficient (Wildman–Crippen LogP) is 2.11. The van der Waals surface area contributed by atoms with Crippen LogP contribution in [0.3, 0.4) is 0 Å². The zero-order valence-electron chi connectivity index (χ0n) is 12.6. The van der Waals surface area contributed by atoms with Crippen LogP contribution in [-0.4, -0.2) is 23.1 Å². The van der Waals surface area contributed by atoms with Gasteiger partial charge in [0.2, 0.25) is 0 Å². The van der Waals surface area contributed by atoms with Crippen LogP contribution in [0.1, 0.15) is 23.0 Å². The lowest BCUT2D eigenvalue weighted by Gasteiger charge is -2.15. The number of amides is 1. The predicted molar refractivity (Wildman–Crippen MR) is 83.4 cm³/mol. The number of nitrogens with two attached hydrogens (primary N) is 1. The fourth-order valence-corrected chi connectivity index (χ4v) is 2.01. The summed E-state index contributed by atoms with van der Waals surface area (Å²) in [4.78, 5) is 12.1. The highest BCUT2D eigenvalue weighted by Gasteiger charge is 2.13. The number of hydrogen-bond acceptors (Lipinski definition) is 3. The van der Waals surface area contributed by atoms with Gasteiger partial charge in [-0.1, -0.05) is 17.7 Å². The molecule has 3 N–H and O–H groups in total. The van der Waals surface area contributed by atoms with Gasteiger partial charge in [0.1, 0.15) is 18.1 Å². The number of carbonyl (C=O) groups excluding carboxylic acids is 1. The Morgan fingerprint density at radius 1 is 1.38 bits per heavy atom. The quantitative estimate of drug-likeness (QED) is 0.885. The van der Waals surface area contributed by atoms with Gasteiger partial charge < -0.3 is 20.4 Å². The summed E-state index contributed by atoms with van der Waals surface area (Å²) in [7, 11) is 1.79. The molecule has 0 aliphatic rings. The molecule has 5 heteroatoms. The molecule has 2 aromatic rings. The molecule has 1 heterocycles. The summed E-state index contributed by atoms with van der Waals surface area (Å²) >= 11 is 0. The van der Waals surface area contributed by atoms with Gasteiger partial charge in [-0.15, -0.1) is 0 Å². The van der Waals surface area contributed by atoms with E-state index in [9.17, 15) is 4.79 Å². The third kappa shape index (κ3) is 4.02. The first-order valence-electron chi connectivity index (χ1n) is 6.88. The van der Waals surface area contributed by atoms with Crippen molar-refractivity contribution < 1.29 is 9.53 Å². The number of nitrogens with zero attached hydrogens (tertiary/aromatic N) is 1. The van der Waals surface area contributed by atoms with Crippen LogP contribution in [0.5, 0.6) is 5.75 Å². The summed E-state index contributed by atoms with van der Waals surface area (Å²) < 4.78 is 7.36. The summed E-state index contributed by atoms with van der Waals surface area (Å²) in [5.41, 5.74) is 7.97. The third-order valence-electron chi connectivity index (χ3n) is 3.16. The van der Waals surface area contributed by atoms with Crippen molar-refractivity contribution in [2.24, 2.45) is 7.05 Å². The summed E-state index contributed by atoms with van der Waals surface area (Å²) in [5, 5.41) is 2.89. The Bertz CT molecular complexity index is 617. The van der Waals surface area contributed by atoms with E-state index in [2.05, 4.69) is 5.32 Å². The minimum absolute atomic E-state index is 0.102. The molecule has 0 aliphatic carbocycles. The summed E-state index contributed by atoms with van der Waals surface area (Å²) in [6.45, 7) is 4.34. The fraction of sp³-hybridized carbons (Fsp3) is 0.312. The molecule has 5 nitrogen and oxygen atoms in total. The van der Waals surface area contributed by atoms with Crippen LogP contribution in [0, 0.1) is 6.92 Å². The lowest BCUT2D eigenvalue weighted by Crippen LogP contribution is -2.37. The molecule has 0 bridgehead atoms. The normalized spacial score (nSPS) is 12.0. The van der Waals surface area contributed by atoms with Crippen molar-refractivity contribution in [2.75, 3.05) is 12.3 Å². The van der Waals surface area contributed by atoms with Crippen LogP contribution in [0.25, 0.3) is 0 Å². The number of aromatic nitrogens is 1. The van der Waals surface area contributed by atoms with Crippen molar-refractivity contribution in [3.05, 3.63) is 47.8 Å². The van der Waals surface area contributed by atoms with E-state index in [4.69, 9.17) is 10.5 Å². The van der Waals surface area contributed by atoms with E-state index in [0.717, 1.165) is 5.75 Å². The van der Waals surface area contributed by atoms with Crippen LogP contribution < -0.4 is 15.8 Å². The lowest BCUT2D eigenvalue weighted by molar-refractivity contribution is 0.0918. The van der Waals surface area contributed by atoms with E-state index in [1.54, 1.807) is 23.9 Å². The number of anilines is 1. The Morgan fingerprint density at radius 2 is 2.05 bits per heavy atom. The number of hydrogen-bond donors (Lipinski definition) is 2. The van der Waals surface area contributed by atoms with E-state index in [1.165, 1.54) is 5.56 Å². The number of nitrogen functional groups attached to an aromatic ring is 1. The van der Waals surface area contributed by atoms with Gasteiger partial charge in [-0.05, 0) is 32.0 Å². The van der Waals surface area contributed by atoms with Crippen molar-refractivity contribution in [1.29, 1.82) is 0 Å². The Balaban J connectivity index is 1.86. The molecule has 1 atom stereocenters. The first-order chi connectivity index (χ1) is 9.95. The monoisotopic (exact) mass is 287 g/mol. The van der Waals surface area contributed by atoms with Gasteiger partial charge in [-0.3, -0.25) is 4.79 Å². The molecule has 1 aromatic carbocycles. The number of carbonyl (C=O) groups is 1. The largest absolute Gasteiger partial charge is 0.491 e. The molecule has 0 fully saturated rings. The maximum Gasteiger partial charge on any atom is 0.268 e. The molecular weight excluding hydrogens is 266 g/mol. The summed E-state index contributed by atoms with van der Waals surface area (Å²) in [5.74, 6) is 0.638. The first kappa shape index (κ1) is 15.0. The number of nitrogens with one attached hydrogen (secondary N) is 1. The van der Waals surface area contributed by atoms with Crippen molar-refractivity contribution in [3.8, 4) is 5.75 Å². The number of ether oxygens (including phenoxy) is 1. The Kier molecular flexibility index (Phi) is 4.52. The molecule has 0 radical (unpaired) electrons. The number of benzene rings is 1. The number of aryl methyl sites for hydroxylation is 2. The smallest absolute Gasteiger partial charge is 0.268 e. The molecule has 0 saturated heterocycles. The highest BCUT2D eigenvalue weighted by Crippen LogP contribution is 2.12. The van der Waals surface area contributed by atoms with Gasteiger partial charge in [0, 0.05) is 13.2 Å². The second-order valence-corrected chi connectivity index (χ2v) is 5.27. The van der Waals surface area contributed by atoms with Crippen LogP contribution >= 0.6 is 0 Å². The highest BCUT2D eigenvalue weighted by molar-refractivity contribution is 5.93. The van der Waals surface area contributed by atoms with Crippen LogP contribution in [0.2, 0.25) is 0 Å². The van der Waals surface area contributed by atoms with E-state index in [-0.39, 0.29) is 11.9 Å². The second kappa shape index (κ2) is 6.35. The van der Waals surface area contributed by atoms with Crippen LogP contribution in [0.15, 0.2) is 36.5 Å². The molecule has 2 rings (SSSR count). The number of rotatable bonds is 5. The second-order valence-electron chi connectivity index (χ2n) is 5.27. The van der Waals surface area contributed by atoms with Gasteiger partial charge in [0.25, 0.3) is 5.91 Å². The molecule has 21 heavy (non-hydrogen) atoms. The average molecular weight is 287 g/mol. The van der Waals surface area contributed by atoms with Gasteiger partial charge >= 0.3 is 0 Å². The van der Waals surface area contributed by atoms with E-state index in [0.29, 0.717) is 18.0 Å². The third-order valence-corrected chi connectivity index (χ3v) is 3.16. The van der Waals surface area contributed by atoms with Crippen molar-refractivity contribution in [3.63, 3.8) is 0 Å². The zero-order valence-corrected chi connectivity index (χ0v) is 12.6. The molecule has 0 saturated carbocycles. The topological polar surface area (TPSA) is 69.3 Å². The summed E-state index contributed by atoms with van der Waals surface area (Å²) in [6.07, 6.45) is 1.71. The lowest BCUT2D eigenvalue weighted by atomic mass is 10.2. The molecule has 0 aliphatic heterocycles. The van der Waals surface area contributed by atoms with Crippen molar-refractivity contribution >= 4 is 11.6 Å². The van der Waals surface area contributed by atoms with E-state index < -0.39 is 0 Å². The van der Waals surface area contributed by atoms with Gasteiger partial charge in [0.05, 0.1) is 11.7 Å². The first-order valence-corrected chi connectivity index (χ1v) is 6.88. The van der Waals surface area contributed by atoms with E-state index in [1.807, 2.05) is 38.1 Å². The highest BCUT2D eigenvalue weighted by atomic mass is 16.5. The average Bonchev–Trinajstić information content (AvgIpc) is 2.77. The zero-order chi connectivity index (χ0) is 15.4. The molecule has 112 valence electrons. The van der Waals surface area contributed by atoms with Crippen molar-refractivity contribution in [1.82, 2.24) is 9.88 Å². The Hall–Kier alpha value is -2.43. The fourth-order valence-electron chi connectivity index (χ4n) is 2.01. The minimum Gasteiger partial charge on any atom is -0.491 e. The SMILES string of the molecule is Cc1ccc(OCC(C)NC(=O)c2cc(N)cn2C)cc1. The maximum absolute atomic E-state index is 12.1. The van der Waals surface area contributed by atoms with Crippen LogP contribution in [0.4, 0.5) is 5.69 Å². The summed E-state index contributed by atoms with van der Waals surface area (Å²) in [6, 6.07) is 9.37. The Morgan fingerprint density at radius 3 is 2.62 bits per heavy atom. The van der Waals surface area contributed by atoms with Gasteiger partial charge in [0.15, 0.2) is 0 Å². The van der Waals surface area contributed by atoms with Gasteiger partial charge in [-0.2, -0.15) is 0 Å². The standard InChI is InChI=1S/C16H21N3O2/c1-11-4-6-14(7-5-11)21-10-12(2)18-16(20)15-8-13(17)9-19(15)3/h4-9,12H,10,17H2,1-3H3,(H,18,20). The van der Waals surface area contributed by atoms with Crippen molar-refractivity contribution in [2.45, 2.75) is 19.9 Å². The molecule has 1 unspecified atom stereocenters. The molecule has 0 spiro atoms. The van der Waals surface area contributed by atoms with Gasteiger partial charge in [-0.25, -0.2) is 0 Å². The molecule has 1 aromatic heterocycles. The minimum atomic E-state index is -0.158. The molecule has 1 amide bonds. The Labute approximate surface area is 124 Å². The molecular formula is C16H21N3O2.